The number of halogens is 2. The van der Waals surface area contributed by atoms with Gasteiger partial charge < -0.3 is 20.3 Å². The summed E-state index contributed by atoms with van der Waals surface area (Å²) in [6.45, 7) is 0.913. The maximum absolute atomic E-state index is 13.0. The van der Waals surface area contributed by atoms with Crippen molar-refractivity contribution in [1.82, 2.24) is 9.97 Å². The Morgan fingerprint density at radius 1 is 1.26 bits per heavy atom. The smallest absolute Gasteiger partial charge is 0.267 e. The second kappa shape index (κ2) is 6.98. The van der Waals surface area contributed by atoms with Gasteiger partial charge in [-0.2, -0.15) is 0 Å². The van der Waals surface area contributed by atoms with Crippen LogP contribution in [0.3, 0.4) is 0 Å². The van der Waals surface area contributed by atoms with E-state index in [0.717, 1.165) is 24.1 Å². The van der Waals surface area contributed by atoms with Gasteiger partial charge in [0.1, 0.15) is 24.3 Å². The number of amides is 1. The van der Waals surface area contributed by atoms with Gasteiger partial charge in [0.05, 0.1) is 13.1 Å². The number of carbonyl (C=O) groups is 1. The zero-order valence-electron chi connectivity index (χ0n) is 14.6. The van der Waals surface area contributed by atoms with Crippen molar-refractivity contribution in [3.63, 3.8) is 0 Å². The van der Waals surface area contributed by atoms with Crippen LogP contribution in [0.4, 0.5) is 26.0 Å². The highest BCUT2D eigenvalue weighted by molar-refractivity contribution is 6.10. The number of rotatable bonds is 3. The van der Waals surface area contributed by atoms with E-state index in [2.05, 4.69) is 9.97 Å². The number of anilines is 3. The van der Waals surface area contributed by atoms with Gasteiger partial charge >= 0.3 is 0 Å². The van der Waals surface area contributed by atoms with Crippen LogP contribution in [0.1, 0.15) is 22.3 Å². The summed E-state index contributed by atoms with van der Waals surface area (Å²) in [6, 6.07) is 5.46. The highest BCUT2D eigenvalue weighted by atomic mass is 19.3. The van der Waals surface area contributed by atoms with Crippen LogP contribution in [0.25, 0.3) is 0 Å². The predicted molar refractivity (Wildman–Crippen MR) is 96.6 cm³/mol. The van der Waals surface area contributed by atoms with E-state index in [1.54, 1.807) is 21.9 Å². The molecule has 2 N–H and O–H groups in total. The van der Waals surface area contributed by atoms with Crippen molar-refractivity contribution in [2.24, 2.45) is 0 Å². The van der Waals surface area contributed by atoms with E-state index in [1.165, 1.54) is 6.33 Å². The number of aromatic nitrogens is 2. The molecule has 0 bridgehead atoms. The molecule has 9 heteroatoms. The van der Waals surface area contributed by atoms with Crippen LogP contribution >= 0.6 is 0 Å². The average molecular weight is 375 g/mol. The molecule has 1 aromatic heterocycles. The maximum Gasteiger partial charge on any atom is 0.267 e. The molecule has 1 aromatic carbocycles. The average Bonchev–Trinajstić information content (AvgIpc) is 2.81. The molecule has 2 aliphatic rings. The number of hydrogen-bond acceptors (Lipinski definition) is 6. The third-order valence-electron chi connectivity index (χ3n) is 4.80. The fourth-order valence-corrected chi connectivity index (χ4v) is 3.59. The summed E-state index contributed by atoms with van der Waals surface area (Å²) in [4.78, 5) is 24.1. The molecule has 0 aliphatic carbocycles. The van der Waals surface area contributed by atoms with Crippen LogP contribution in [0.2, 0.25) is 0 Å². The number of aryl methyl sites for hydroxylation is 1. The second-order valence-corrected chi connectivity index (χ2v) is 6.50. The molecule has 142 valence electrons. The molecule has 1 amide bonds. The van der Waals surface area contributed by atoms with E-state index < -0.39 is 6.43 Å². The first kappa shape index (κ1) is 17.4. The Kier molecular flexibility index (Phi) is 4.51. The second-order valence-electron chi connectivity index (χ2n) is 6.50. The maximum atomic E-state index is 13.0. The minimum absolute atomic E-state index is 0.0676. The lowest BCUT2D eigenvalue weighted by Crippen LogP contribution is -2.35. The van der Waals surface area contributed by atoms with Gasteiger partial charge in [-0.25, -0.2) is 18.7 Å². The Balaban J connectivity index is 1.68. The fourth-order valence-electron chi connectivity index (χ4n) is 3.59. The fraction of sp³-hybridized carbons (Fsp3) is 0.389. The van der Waals surface area contributed by atoms with Crippen molar-refractivity contribution in [1.29, 1.82) is 0 Å². The third kappa shape index (κ3) is 3.24. The summed E-state index contributed by atoms with van der Waals surface area (Å²) >= 11 is 0. The lowest BCUT2D eigenvalue weighted by Gasteiger charge is -2.32. The highest BCUT2D eigenvalue weighted by Crippen LogP contribution is 2.33. The van der Waals surface area contributed by atoms with Gasteiger partial charge in [0, 0.05) is 17.9 Å². The Hall–Kier alpha value is -2.97. The van der Waals surface area contributed by atoms with Crippen molar-refractivity contribution >= 4 is 23.1 Å². The summed E-state index contributed by atoms with van der Waals surface area (Å²) in [5.74, 6) is -0.0881. The quantitative estimate of drug-likeness (QED) is 0.885. The van der Waals surface area contributed by atoms with Gasteiger partial charge in [0.25, 0.3) is 12.3 Å². The van der Waals surface area contributed by atoms with E-state index in [-0.39, 0.29) is 36.3 Å². The van der Waals surface area contributed by atoms with Crippen molar-refractivity contribution in [2.45, 2.75) is 19.3 Å². The minimum Gasteiger partial charge on any atom is -0.475 e. The SMILES string of the molecule is Nc1ncnc2c1C(=O)N(c1ccc3c(c1)CCCN3CC(F)F)CCO2. The predicted octanol–water partition coefficient (Wildman–Crippen LogP) is 2.12. The number of hydrogen-bond donors (Lipinski definition) is 1. The molecule has 3 heterocycles. The molecule has 0 atom stereocenters. The number of ether oxygens (including phenoxy) is 1. The van der Waals surface area contributed by atoms with E-state index >= 15 is 0 Å². The first-order valence-electron chi connectivity index (χ1n) is 8.75. The van der Waals surface area contributed by atoms with Crippen LogP contribution in [-0.2, 0) is 6.42 Å². The molecule has 4 rings (SSSR count). The number of fused-ring (bicyclic) bond motifs is 2. The number of nitrogens with zero attached hydrogens (tertiary/aromatic N) is 4. The van der Waals surface area contributed by atoms with Gasteiger partial charge in [0.15, 0.2) is 0 Å². The molecule has 0 saturated carbocycles. The van der Waals surface area contributed by atoms with Crippen LogP contribution in [0.15, 0.2) is 24.5 Å². The molecule has 2 aromatic rings. The number of benzene rings is 1. The van der Waals surface area contributed by atoms with Gasteiger partial charge in [-0.1, -0.05) is 0 Å². The van der Waals surface area contributed by atoms with Crippen LogP contribution < -0.4 is 20.3 Å². The Bertz CT molecular complexity index is 877. The molecular formula is C18H19F2N5O2. The van der Waals surface area contributed by atoms with E-state index in [1.807, 2.05) is 6.07 Å². The summed E-state index contributed by atoms with van der Waals surface area (Å²) < 4.78 is 31.2. The number of alkyl halides is 2. The Morgan fingerprint density at radius 3 is 2.93 bits per heavy atom. The van der Waals surface area contributed by atoms with Crippen molar-refractivity contribution in [2.75, 3.05) is 41.8 Å². The first-order chi connectivity index (χ1) is 13.0. The van der Waals surface area contributed by atoms with Crippen molar-refractivity contribution < 1.29 is 18.3 Å². The van der Waals surface area contributed by atoms with E-state index in [0.29, 0.717) is 18.8 Å². The summed E-state index contributed by atoms with van der Waals surface area (Å²) in [5.41, 5.74) is 8.44. The highest BCUT2D eigenvalue weighted by Gasteiger charge is 2.29. The van der Waals surface area contributed by atoms with Crippen molar-refractivity contribution in [3.8, 4) is 5.88 Å². The molecule has 0 radical (unpaired) electrons. The van der Waals surface area contributed by atoms with Gasteiger partial charge in [-0.3, -0.25) is 4.79 Å². The zero-order chi connectivity index (χ0) is 19.0. The van der Waals surface area contributed by atoms with Crippen molar-refractivity contribution in [3.05, 3.63) is 35.7 Å². The van der Waals surface area contributed by atoms with E-state index in [4.69, 9.17) is 10.5 Å². The molecular weight excluding hydrogens is 356 g/mol. The Labute approximate surface area is 154 Å². The monoisotopic (exact) mass is 375 g/mol. The third-order valence-corrected chi connectivity index (χ3v) is 4.80. The number of nitrogens with two attached hydrogens (primary N) is 1. The summed E-state index contributed by atoms with van der Waals surface area (Å²) in [7, 11) is 0. The standard InChI is InChI=1S/C18H19F2N5O2/c19-14(20)9-24-5-1-2-11-8-12(3-4-13(11)24)25-6-7-27-17-15(18(25)26)16(21)22-10-23-17/h3-4,8,10,14H,1-2,5-7,9H2,(H2,21,22,23). The van der Waals surface area contributed by atoms with Gasteiger partial charge in [0.2, 0.25) is 5.88 Å². The van der Waals surface area contributed by atoms with Crippen LogP contribution in [-0.4, -0.2) is 48.5 Å². The van der Waals surface area contributed by atoms with E-state index in [9.17, 15) is 13.6 Å². The molecule has 2 aliphatic heterocycles. The molecule has 0 saturated heterocycles. The largest absolute Gasteiger partial charge is 0.475 e. The van der Waals surface area contributed by atoms with Crippen LogP contribution in [0, 0.1) is 0 Å². The molecule has 0 unspecified atom stereocenters. The summed E-state index contributed by atoms with van der Waals surface area (Å²) in [6.07, 6.45) is 0.445. The van der Waals surface area contributed by atoms with Gasteiger partial charge in [-0.05, 0) is 36.6 Å². The molecule has 27 heavy (non-hydrogen) atoms. The van der Waals surface area contributed by atoms with Crippen LogP contribution in [0.5, 0.6) is 5.88 Å². The molecule has 7 nitrogen and oxygen atoms in total. The first-order valence-corrected chi connectivity index (χ1v) is 8.75. The number of carbonyl (C=O) groups excluding carboxylic acids is 1. The van der Waals surface area contributed by atoms with Gasteiger partial charge in [-0.15, -0.1) is 0 Å². The summed E-state index contributed by atoms with van der Waals surface area (Å²) in [5, 5.41) is 0. The topological polar surface area (TPSA) is 84.6 Å². The zero-order valence-corrected chi connectivity index (χ0v) is 14.6. The minimum atomic E-state index is -2.39. The lowest BCUT2D eigenvalue weighted by molar-refractivity contribution is 0.0990. The normalized spacial score (nSPS) is 16.6. The molecule has 0 spiro atoms. The Morgan fingerprint density at radius 2 is 2.11 bits per heavy atom. The molecule has 0 fully saturated rings. The number of nitrogen functional groups attached to an aromatic ring is 1. The lowest BCUT2D eigenvalue weighted by atomic mass is 10.0.